The second-order valence-corrected chi connectivity index (χ2v) is 5.64. The zero-order valence-electron chi connectivity index (χ0n) is 10.3. The van der Waals surface area contributed by atoms with Crippen LogP contribution in [0.25, 0.3) is 0 Å². The first-order valence-electron chi connectivity index (χ1n) is 6.04. The van der Waals surface area contributed by atoms with Crippen molar-refractivity contribution in [3.05, 3.63) is 23.8 Å². The highest BCUT2D eigenvalue weighted by atomic mass is 32.2. The van der Waals surface area contributed by atoms with Crippen molar-refractivity contribution >= 4 is 29.1 Å². The lowest BCUT2D eigenvalue weighted by Gasteiger charge is -2.20. The van der Waals surface area contributed by atoms with Crippen LogP contribution in [0.3, 0.4) is 0 Å². The Morgan fingerprint density at radius 1 is 1.50 bits per heavy atom. The molecule has 0 spiro atoms. The van der Waals surface area contributed by atoms with Crippen molar-refractivity contribution in [3.63, 3.8) is 0 Å². The Kier molecular flexibility index (Phi) is 4.01. The van der Waals surface area contributed by atoms with Crippen LogP contribution in [-0.4, -0.2) is 28.6 Å². The van der Waals surface area contributed by atoms with Gasteiger partial charge in [-0.15, -0.1) is 0 Å². The summed E-state index contributed by atoms with van der Waals surface area (Å²) in [5.41, 5.74) is 6.95. The van der Waals surface area contributed by atoms with Gasteiger partial charge in [0.05, 0.1) is 5.56 Å². The Bertz CT molecular complexity index is 451. The second kappa shape index (κ2) is 5.52. The van der Waals surface area contributed by atoms with Gasteiger partial charge in [0.15, 0.2) is 0 Å². The number of benzene rings is 1. The Morgan fingerprint density at radius 3 is 2.94 bits per heavy atom. The number of nitrogen functional groups attached to an aromatic ring is 1. The minimum Gasteiger partial charge on any atom is -0.478 e. The number of nitrogens with two attached hydrogens (primary N) is 1. The average molecular weight is 266 g/mol. The van der Waals surface area contributed by atoms with E-state index in [-0.39, 0.29) is 5.56 Å². The third kappa shape index (κ3) is 2.72. The fraction of sp³-hybridized carbons (Fsp3) is 0.462. The number of hydrogen-bond donors (Lipinski definition) is 3. The lowest BCUT2D eigenvalue weighted by atomic mass is 10.1. The Balaban J connectivity index is 2.14. The number of carbonyl (C=O) groups is 1. The average Bonchev–Trinajstić information content (AvgIpc) is 2.78. The van der Waals surface area contributed by atoms with Gasteiger partial charge in [0.2, 0.25) is 0 Å². The lowest BCUT2D eigenvalue weighted by molar-refractivity contribution is 0.0698. The van der Waals surface area contributed by atoms with Crippen molar-refractivity contribution in [2.24, 2.45) is 0 Å². The summed E-state index contributed by atoms with van der Waals surface area (Å²) in [5, 5.41) is 13.1. The molecule has 1 aromatic rings. The van der Waals surface area contributed by atoms with E-state index in [1.807, 2.05) is 17.8 Å². The van der Waals surface area contributed by atoms with E-state index in [0.29, 0.717) is 17.0 Å². The molecule has 0 bridgehead atoms. The van der Waals surface area contributed by atoms with Crippen LogP contribution in [-0.2, 0) is 0 Å². The first-order chi connectivity index (χ1) is 8.61. The third-order valence-corrected chi connectivity index (χ3v) is 4.56. The molecule has 0 heterocycles. The van der Waals surface area contributed by atoms with E-state index >= 15 is 0 Å². The van der Waals surface area contributed by atoms with Gasteiger partial charge in [-0.1, -0.05) is 6.42 Å². The highest BCUT2D eigenvalue weighted by Gasteiger charge is 2.26. The van der Waals surface area contributed by atoms with Crippen LogP contribution < -0.4 is 11.1 Å². The number of thioether (sulfide) groups is 1. The predicted octanol–water partition coefficient (Wildman–Crippen LogP) is 2.66. The monoisotopic (exact) mass is 266 g/mol. The number of hydrogen-bond acceptors (Lipinski definition) is 4. The lowest BCUT2D eigenvalue weighted by Crippen LogP contribution is -2.25. The molecule has 4 N–H and O–H groups in total. The summed E-state index contributed by atoms with van der Waals surface area (Å²) in [4.78, 5) is 11.0. The Hall–Kier alpha value is -1.36. The molecule has 1 aromatic carbocycles. The molecule has 18 heavy (non-hydrogen) atoms. The number of anilines is 2. The van der Waals surface area contributed by atoms with Gasteiger partial charge in [-0.25, -0.2) is 4.79 Å². The summed E-state index contributed by atoms with van der Waals surface area (Å²) >= 11 is 1.87. The molecule has 98 valence electrons. The number of rotatable bonds is 4. The van der Waals surface area contributed by atoms with E-state index in [9.17, 15) is 4.79 Å². The van der Waals surface area contributed by atoms with Gasteiger partial charge in [0.25, 0.3) is 0 Å². The normalized spacial score (nSPS) is 22.9. The molecule has 0 radical (unpaired) electrons. The maximum absolute atomic E-state index is 11.0. The number of aromatic carboxylic acids is 1. The maximum atomic E-state index is 11.0. The van der Waals surface area contributed by atoms with Crippen molar-refractivity contribution in [1.29, 1.82) is 0 Å². The highest BCUT2D eigenvalue weighted by molar-refractivity contribution is 7.99. The molecule has 1 saturated carbocycles. The Morgan fingerprint density at radius 2 is 2.28 bits per heavy atom. The minimum absolute atomic E-state index is 0.165. The molecule has 0 saturated heterocycles. The number of carboxylic acids is 1. The molecule has 0 aromatic heterocycles. The van der Waals surface area contributed by atoms with E-state index in [1.54, 1.807) is 12.1 Å². The topological polar surface area (TPSA) is 75.3 Å². The van der Waals surface area contributed by atoms with Crippen molar-refractivity contribution < 1.29 is 9.90 Å². The zero-order valence-corrected chi connectivity index (χ0v) is 11.2. The molecular weight excluding hydrogens is 248 g/mol. The second-order valence-electron chi connectivity index (χ2n) is 4.56. The molecule has 1 aliphatic rings. The van der Waals surface area contributed by atoms with Gasteiger partial charge >= 0.3 is 5.97 Å². The fourth-order valence-corrected chi connectivity index (χ4v) is 3.35. The van der Waals surface area contributed by atoms with Crippen molar-refractivity contribution in [3.8, 4) is 0 Å². The standard InChI is InChI=1S/C13H18N2O2S/c1-18-12-4-2-3-11(12)15-8-5-6-10(14)9(7-8)13(16)17/h5-7,11-12,15H,2-4,14H2,1H3,(H,16,17). The maximum Gasteiger partial charge on any atom is 0.337 e. The van der Waals surface area contributed by atoms with Crippen LogP contribution >= 0.6 is 11.8 Å². The van der Waals surface area contributed by atoms with Crippen molar-refractivity contribution in [2.45, 2.75) is 30.6 Å². The summed E-state index contributed by atoms with van der Waals surface area (Å²) in [5.74, 6) is -0.982. The van der Waals surface area contributed by atoms with E-state index in [4.69, 9.17) is 10.8 Å². The van der Waals surface area contributed by atoms with E-state index < -0.39 is 5.97 Å². The molecule has 2 atom stereocenters. The van der Waals surface area contributed by atoms with E-state index in [1.165, 1.54) is 12.8 Å². The van der Waals surface area contributed by atoms with Gasteiger partial charge < -0.3 is 16.2 Å². The van der Waals surface area contributed by atoms with Crippen LogP contribution in [0.1, 0.15) is 29.6 Å². The van der Waals surface area contributed by atoms with Crippen molar-refractivity contribution in [1.82, 2.24) is 0 Å². The summed E-state index contributed by atoms with van der Waals surface area (Å²) in [6, 6.07) is 5.53. The first-order valence-corrected chi connectivity index (χ1v) is 7.32. The molecular formula is C13H18N2O2S. The molecule has 2 unspecified atom stereocenters. The van der Waals surface area contributed by atoms with Crippen LogP contribution in [0.5, 0.6) is 0 Å². The molecule has 5 heteroatoms. The summed E-state index contributed by atoms with van der Waals surface area (Å²) in [6.45, 7) is 0. The number of carboxylic acid groups (broad SMARTS) is 1. The van der Waals surface area contributed by atoms with Crippen molar-refractivity contribution in [2.75, 3.05) is 17.3 Å². The van der Waals surface area contributed by atoms with Gasteiger partial charge in [-0.3, -0.25) is 0 Å². The molecule has 0 amide bonds. The van der Waals surface area contributed by atoms with Gasteiger partial charge in [0, 0.05) is 22.7 Å². The molecule has 0 aliphatic heterocycles. The molecule has 2 rings (SSSR count). The highest BCUT2D eigenvalue weighted by Crippen LogP contribution is 2.31. The SMILES string of the molecule is CSC1CCCC1Nc1ccc(N)c(C(=O)O)c1. The Labute approximate surface area is 111 Å². The number of nitrogens with one attached hydrogen (secondary N) is 1. The van der Waals surface area contributed by atoms with Crippen LogP contribution in [0.4, 0.5) is 11.4 Å². The van der Waals surface area contributed by atoms with Crippen LogP contribution in [0.15, 0.2) is 18.2 Å². The quantitative estimate of drug-likeness (QED) is 0.730. The summed E-state index contributed by atoms with van der Waals surface area (Å²) in [6.07, 6.45) is 5.71. The third-order valence-electron chi connectivity index (χ3n) is 3.39. The van der Waals surface area contributed by atoms with E-state index in [2.05, 4.69) is 11.6 Å². The largest absolute Gasteiger partial charge is 0.478 e. The van der Waals surface area contributed by atoms with Gasteiger partial charge in [-0.2, -0.15) is 11.8 Å². The van der Waals surface area contributed by atoms with Gasteiger partial charge in [-0.05, 0) is 37.3 Å². The zero-order chi connectivity index (χ0) is 13.1. The van der Waals surface area contributed by atoms with Crippen LogP contribution in [0, 0.1) is 0 Å². The van der Waals surface area contributed by atoms with Crippen LogP contribution in [0.2, 0.25) is 0 Å². The predicted molar refractivity (Wildman–Crippen MR) is 76.4 cm³/mol. The molecule has 1 fully saturated rings. The summed E-state index contributed by atoms with van der Waals surface area (Å²) in [7, 11) is 0. The smallest absolute Gasteiger partial charge is 0.337 e. The minimum atomic E-state index is -0.982. The van der Waals surface area contributed by atoms with E-state index in [0.717, 1.165) is 12.1 Å². The van der Waals surface area contributed by atoms with Gasteiger partial charge in [0.1, 0.15) is 0 Å². The molecule has 4 nitrogen and oxygen atoms in total. The first kappa shape index (κ1) is 13.1. The summed E-state index contributed by atoms with van der Waals surface area (Å²) < 4.78 is 0. The molecule has 1 aliphatic carbocycles. The fourth-order valence-electron chi connectivity index (χ4n) is 2.42.